The van der Waals surface area contributed by atoms with Crippen molar-refractivity contribution in [3.8, 4) is 0 Å². The van der Waals surface area contributed by atoms with E-state index in [1.54, 1.807) is 0 Å². The summed E-state index contributed by atoms with van der Waals surface area (Å²) < 4.78 is 0. The van der Waals surface area contributed by atoms with Crippen LogP contribution < -0.4 is 0 Å². The number of rotatable bonds is 9. The summed E-state index contributed by atoms with van der Waals surface area (Å²) in [6.45, 7) is 6.04. The zero-order valence-corrected chi connectivity index (χ0v) is 10.5. The average Bonchev–Trinajstić information content (AvgIpc) is 2.16. The summed E-state index contributed by atoms with van der Waals surface area (Å²) >= 11 is 3.51. The highest BCUT2D eigenvalue weighted by atomic mass is 79.9. The van der Waals surface area contributed by atoms with Gasteiger partial charge in [-0.05, 0) is 25.2 Å². The Balaban J connectivity index is 2.95. The molecule has 0 aliphatic rings. The fourth-order valence-electron chi connectivity index (χ4n) is 1.39. The lowest BCUT2D eigenvalue weighted by Crippen LogP contribution is -1.94. The first-order chi connectivity index (χ1) is 6.31. The zero-order chi connectivity index (χ0) is 9.94. The Kier molecular flexibility index (Phi) is 10.5. The van der Waals surface area contributed by atoms with Gasteiger partial charge in [-0.25, -0.2) is 0 Å². The molecule has 0 saturated carbocycles. The van der Waals surface area contributed by atoms with E-state index in [9.17, 15) is 0 Å². The van der Waals surface area contributed by atoms with Crippen LogP contribution in [0.1, 0.15) is 51.9 Å². The second-order valence-corrected chi connectivity index (χ2v) is 4.54. The minimum absolute atomic E-state index is 0.855. The first-order valence-electron chi connectivity index (χ1n) is 5.48. The molecule has 0 radical (unpaired) electrons. The van der Waals surface area contributed by atoms with Gasteiger partial charge in [0.15, 0.2) is 0 Å². The first kappa shape index (κ1) is 13.2. The molecule has 0 aromatic rings. The summed E-state index contributed by atoms with van der Waals surface area (Å²) in [5, 5.41) is 1.16. The van der Waals surface area contributed by atoms with Crippen LogP contribution in [0.15, 0.2) is 12.7 Å². The SMILES string of the molecule is C=CCCCCCCC[C@@H](C)CBr. The fourth-order valence-corrected chi connectivity index (χ4v) is 1.71. The molecule has 0 nitrogen and oxygen atoms in total. The summed E-state index contributed by atoms with van der Waals surface area (Å²) in [4.78, 5) is 0. The molecular weight excluding hydrogens is 224 g/mol. The normalized spacial score (nSPS) is 12.8. The summed E-state index contributed by atoms with van der Waals surface area (Å²) in [6, 6.07) is 0. The smallest absolute Gasteiger partial charge is 0.00570 e. The van der Waals surface area contributed by atoms with Crippen molar-refractivity contribution in [3.05, 3.63) is 12.7 Å². The number of alkyl halides is 1. The van der Waals surface area contributed by atoms with Crippen molar-refractivity contribution in [1.29, 1.82) is 0 Å². The van der Waals surface area contributed by atoms with Crippen LogP contribution in [0.25, 0.3) is 0 Å². The monoisotopic (exact) mass is 246 g/mol. The predicted octanol–water partition coefficient (Wildman–Crippen LogP) is 4.93. The van der Waals surface area contributed by atoms with Gasteiger partial charge in [0.1, 0.15) is 0 Å². The van der Waals surface area contributed by atoms with Gasteiger partial charge in [0.25, 0.3) is 0 Å². The van der Waals surface area contributed by atoms with E-state index in [0.717, 1.165) is 11.2 Å². The molecule has 0 N–H and O–H groups in total. The second kappa shape index (κ2) is 10.3. The molecule has 1 heteroatoms. The summed E-state index contributed by atoms with van der Waals surface area (Å²) in [7, 11) is 0. The maximum atomic E-state index is 3.72. The van der Waals surface area contributed by atoms with Gasteiger partial charge in [0.2, 0.25) is 0 Å². The summed E-state index contributed by atoms with van der Waals surface area (Å²) in [6.07, 6.45) is 11.5. The highest BCUT2D eigenvalue weighted by Gasteiger charge is 1.98. The van der Waals surface area contributed by atoms with E-state index >= 15 is 0 Å². The Morgan fingerprint density at radius 3 is 2.38 bits per heavy atom. The largest absolute Gasteiger partial charge is 0.103 e. The molecule has 0 heterocycles. The second-order valence-electron chi connectivity index (χ2n) is 3.89. The molecule has 0 amide bonds. The van der Waals surface area contributed by atoms with Gasteiger partial charge in [-0.1, -0.05) is 54.6 Å². The van der Waals surface area contributed by atoms with E-state index in [4.69, 9.17) is 0 Å². The Hall–Kier alpha value is 0.220. The van der Waals surface area contributed by atoms with E-state index in [0.29, 0.717) is 0 Å². The van der Waals surface area contributed by atoms with Gasteiger partial charge in [-0.3, -0.25) is 0 Å². The minimum Gasteiger partial charge on any atom is -0.103 e. The zero-order valence-electron chi connectivity index (χ0n) is 8.90. The van der Waals surface area contributed by atoms with Crippen molar-refractivity contribution in [1.82, 2.24) is 0 Å². The number of hydrogen-bond acceptors (Lipinski definition) is 0. The van der Waals surface area contributed by atoms with Gasteiger partial charge in [-0.2, -0.15) is 0 Å². The summed E-state index contributed by atoms with van der Waals surface area (Å²) in [5.41, 5.74) is 0. The molecule has 0 bridgehead atoms. The third kappa shape index (κ3) is 10.1. The predicted molar refractivity (Wildman–Crippen MR) is 65.5 cm³/mol. The van der Waals surface area contributed by atoms with E-state index in [2.05, 4.69) is 29.4 Å². The lowest BCUT2D eigenvalue weighted by Gasteiger charge is -2.06. The lowest BCUT2D eigenvalue weighted by atomic mass is 10.0. The van der Waals surface area contributed by atoms with Crippen molar-refractivity contribution in [3.63, 3.8) is 0 Å². The third-order valence-corrected chi connectivity index (χ3v) is 3.47. The molecule has 0 aliphatic carbocycles. The minimum atomic E-state index is 0.855. The van der Waals surface area contributed by atoms with Crippen LogP contribution in [0.4, 0.5) is 0 Å². The summed E-state index contributed by atoms with van der Waals surface area (Å²) in [5.74, 6) is 0.855. The van der Waals surface area contributed by atoms with E-state index < -0.39 is 0 Å². The Bertz CT molecular complexity index is 110. The Labute approximate surface area is 91.9 Å². The van der Waals surface area contributed by atoms with Crippen LogP contribution in [0, 0.1) is 5.92 Å². The maximum absolute atomic E-state index is 3.72. The number of allylic oxidation sites excluding steroid dienone is 1. The van der Waals surface area contributed by atoms with Crippen LogP contribution in [0.2, 0.25) is 0 Å². The molecule has 0 fully saturated rings. The van der Waals surface area contributed by atoms with Crippen LogP contribution in [0.5, 0.6) is 0 Å². The van der Waals surface area contributed by atoms with Crippen molar-refractivity contribution in [2.45, 2.75) is 51.9 Å². The average molecular weight is 247 g/mol. The van der Waals surface area contributed by atoms with Crippen LogP contribution in [-0.4, -0.2) is 5.33 Å². The molecule has 0 aromatic heterocycles. The molecule has 1 atom stereocenters. The Morgan fingerprint density at radius 1 is 1.15 bits per heavy atom. The molecule has 13 heavy (non-hydrogen) atoms. The Morgan fingerprint density at radius 2 is 1.77 bits per heavy atom. The van der Waals surface area contributed by atoms with Gasteiger partial charge in [-0.15, -0.1) is 6.58 Å². The molecule has 0 spiro atoms. The van der Waals surface area contributed by atoms with Gasteiger partial charge in [0.05, 0.1) is 0 Å². The molecule has 0 aliphatic heterocycles. The first-order valence-corrected chi connectivity index (χ1v) is 6.60. The van der Waals surface area contributed by atoms with E-state index in [-0.39, 0.29) is 0 Å². The molecular formula is C12H23Br. The standard InChI is InChI=1S/C12H23Br/c1-3-4-5-6-7-8-9-10-12(2)11-13/h3,12H,1,4-11H2,2H3/t12-/m1/s1. The molecule has 0 saturated heterocycles. The molecule has 0 aromatic carbocycles. The van der Waals surface area contributed by atoms with Crippen molar-refractivity contribution >= 4 is 15.9 Å². The lowest BCUT2D eigenvalue weighted by molar-refractivity contribution is 0.523. The van der Waals surface area contributed by atoms with Gasteiger partial charge >= 0.3 is 0 Å². The number of hydrogen-bond donors (Lipinski definition) is 0. The van der Waals surface area contributed by atoms with Crippen molar-refractivity contribution in [2.24, 2.45) is 5.92 Å². The van der Waals surface area contributed by atoms with Gasteiger partial charge in [0, 0.05) is 5.33 Å². The third-order valence-electron chi connectivity index (χ3n) is 2.37. The van der Waals surface area contributed by atoms with E-state index in [1.807, 2.05) is 6.08 Å². The van der Waals surface area contributed by atoms with Crippen LogP contribution >= 0.6 is 15.9 Å². The quantitative estimate of drug-likeness (QED) is 0.308. The van der Waals surface area contributed by atoms with Crippen molar-refractivity contribution in [2.75, 3.05) is 5.33 Å². The molecule has 0 rings (SSSR count). The van der Waals surface area contributed by atoms with Crippen molar-refractivity contribution < 1.29 is 0 Å². The van der Waals surface area contributed by atoms with Crippen LogP contribution in [0.3, 0.4) is 0 Å². The fraction of sp³-hybridized carbons (Fsp3) is 0.833. The van der Waals surface area contributed by atoms with Crippen LogP contribution in [-0.2, 0) is 0 Å². The number of unbranched alkanes of at least 4 members (excludes halogenated alkanes) is 5. The highest BCUT2D eigenvalue weighted by Crippen LogP contribution is 2.13. The topological polar surface area (TPSA) is 0 Å². The molecule has 78 valence electrons. The highest BCUT2D eigenvalue weighted by molar-refractivity contribution is 9.09. The van der Waals surface area contributed by atoms with Gasteiger partial charge < -0.3 is 0 Å². The maximum Gasteiger partial charge on any atom is 0.00570 e. The van der Waals surface area contributed by atoms with E-state index in [1.165, 1.54) is 44.9 Å². The number of halogens is 1. The molecule has 0 unspecified atom stereocenters.